The van der Waals surface area contributed by atoms with E-state index in [1.807, 2.05) is 88.4 Å². The third-order valence-electron chi connectivity index (χ3n) is 5.92. The lowest BCUT2D eigenvalue weighted by molar-refractivity contribution is 0.0989. The third-order valence-corrected chi connectivity index (χ3v) is 5.92. The minimum Gasteiger partial charge on any atom is -0.337 e. The minimum atomic E-state index is 0.0211. The Kier molecular flexibility index (Phi) is 4.61. The first-order valence-electron chi connectivity index (χ1n) is 10.8. The predicted molar refractivity (Wildman–Crippen MR) is 129 cm³/mol. The van der Waals surface area contributed by atoms with Crippen molar-refractivity contribution in [2.24, 2.45) is 0 Å². The van der Waals surface area contributed by atoms with E-state index in [0.717, 1.165) is 40.3 Å². The van der Waals surface area contributed by atoms with Crippen LogP contribution in [0.2, 0.25) is 0 Å². The molecule has 5 aromatic rings. The fourth-order valence-electron chi connectivity index (χ4n) is 4.37. The van der Waals surface area contributed by atoms with Crippen LogP contribution >= 0.6 is 0 Å². The fourth-order valence-corrected chi connectivity index (χ4v) is 4.37. The molecule has 0 aliphatic carbocycles. The van der Waals surface area contributed by atoms with Crippen LogP contribution in [-0.2, 0) is 6.42 Å². The van der Waals surface area contributed by atoms with Gasteiger partial charge in [-0.2, -0.15) is 0 Å². The lowest BCUT2D eigenvalue weighted by Crippen LogP contribution is -2.28. The van der Waals surface area contributed by atoms with Crippen molar-refractivity contribution < 1.29 is 4.79 Å². The Labute approximate surface area is 191 Å². The zero-order chi connectivity index (χ0) is 22.2. The van der Waals surface area contributed by atoms with Crippen molar-refractivity contribution in [2.75, 3.05) is 16.8 Å². The van der Waals surface area contributed by atoms with Crippen molar-refractivity contribution in [3.8, 4) is 11.3 Å². The number of carbonyl (C=O) groups is 1. The molecule has 0 saturated heterocycles. The molecule has 1 N–H and O–H groups in total. The summed E-state index contributed by atoms with van der Waals surface area (Å²) in [5.74, 6) is 0.698. The van der Waals surface area contributed by atoms with Crippen molar-refractivity contribution >= 4 is 28.7 Å². The van der Waals surface area contributed by atoms with Gasteiger partial charge >= 0.3 is 0 Å². The molecule has 1 aliphatic rings. The minimum absolute atomic E-state index is 0.0211. The molecule has 1 radical (unpaired) electrons. The van der Waals surface area contributed by atoms with Crippen LogP contribution in [0.1, 0.15) is 15.9 Å². The molecule has 6 nitrogen and oxygen atoms in total. The second kappa shape index (κ2) is 7.91. The van der Waals surface area contributed by atoms with Crippen LogP contribution in [0, 0.1) is 6.07 Å². The van der Waals surface area contributed by atoms with E-state index in [0.29, 0.717) is 17.9 Å². The summed E-state index contributed by atoms with van der Waals surface area (Å²) in [6.45, 7) is 0.652. The Morgan fingerprint density at radius 3 is 2.70 bits per heavy atom. The first kappa shape index (κ1) is 19.3. The number of hydrogen-bond acceptors (Lipinski definition) is 4. The standard InChI is InChI=1S/C27H20N5O/c33-27(19-8-3-1-4-9-19)32-16-14-22-21(12-7-13-24(22)32)23-18-31-17-15-28-26(31)25(30-23)29-20-10-5-2-6-11-20/h1,3-13,15,17-18H,14,16H2,(H,29,30). The highest BCUT2D eigenvalue weighted by atomic mass is 16.2. The van der Waals surface area contributed by atoms with Gasteiger partial charge in [-0.3, -0.25) is 4.79 Å². The Morgan fingerprint density at radius 2 is 1.85 bits per heavy atom. The van der Waals surface area contributed by atoms with Crippen LogP contribution in [0.3, 0.4) is 0 Å². The number of anilines is 3. The summed E-state index contributed by atoms with van der Waals surface area (Å²) in [6.07, 6.45) is 6.45. The van der Waals surface area contributed by atoms with Crippen LogP contribution < -0.4 is 10.2 Å². The number of amides is 1. The Bertz CT molecular complexity index is 1460. The Morgan fingerprint density at radius 1 is 1.00 bits per heavy atom. The highest BCUT2D eigenvalue weighted by Crippen LogP contribution is 2.37. The lowest BCUT2D eigenvalue weighted by atomic mass is 10.0. The number of nitrogens with zero attached hydrogens (tertiary/aromatic N) is 4. The summed E-state index contributed by atoms with van der Waals surface area (Å²) >= 11 is 0. The van der Waals surface area contributed by atoms with Crippen molar-refractivity contribution in [2.45, 2.75) is 6.42 Å². The summed E-state index contributed by atoms with van der Waals surface area (Å²) in [7, 11) is 0. The van der Waals surface area contributed by atoms with Gasteiger partial charge in [-0.25, -0.2) is 9.97 Å². The maximum absolute atomic E-state index is 13.1. The average molecular weight is 430 g/mol. The molecule has 0 fully saturated rings. The predicted octanol–water partition coefficient (Wildman–Crippen LogP) is 5.14. The molecule has 0 unspecified atom stereocenters. The van der Waals surface area contributed by atoms with Gasteiger partial charge in [-0.1, -0.05) is 42.5 Å². The van der Waals surface area contributed by atoms with Gasteiger partial charge in [-0.05, 0) is 48.4 Å². The summed E-state index contributed by atoms with van der Waals surface area (Å²) in [6, 6.07) is 26.1. The summed E-state index contributed by atoms with van der Waals surface area (Å²) in [5, 5.41) is 3.38. The summed E-state index contributed by atoms with van der Waals surface area (Å²) < 4.78 is 1.97. The topological polar surface area (TPSA) is 62.5 Å². The number of fused-ring (bicyclic) bond motifs is 2. The van der Waals surface area contributed by atoms with E-state index in [-0.39, 0.29) is 5.91 Å². The van der Waals surface area contributed by atoms with E-state index < -0.39 is 0 Å². The molecular formula is C27H20N5O. The van der Waals surface area contributed by atoms with Crippen LogP contribution in [0.4, 0.5) is 17.2 Å². The van der Waals surface area contributed by atoms with Gasteiger partial charge in [0.15, 0.2) is 11.5 Å². The monoisotopic (exact) mass is 430 g/mol. The fraction of sp³-hybridized carbons (Fsp3) is 0.0741. The number of hydrogen-bond donors (Lipinski definition) is 1. The second-order valence-electron chi connectivity index (χ2n) is 7.92. The van der Waals surface area contributed by atoms with Gasteiger partial charge in [0.05, 0.1) is 5.69 Å². The highest BCUT2D eigenvalue weighted by Gasteiger charge is 2.28. The second-order valence-corrected chi connectivity index (χ2v) is 7.92. The number of rotatable bonds is 4. The molecule has 0 bridgehead atoms. The maximum Gasteiger partial charge on any atom is 0.258 e. The third kappa shape index (κ3) is 3.42. The average Bonchev–Trinajstić information content (AvgIpc) is 3.52. The molecule has 159 valence electrons. The molecule has 3 aromatic carbocycles. The van der Waals surface area contributed by atoms with E-state index >= 15 is 0 Å². The smallest absolute Gasteiger partial charge is 0.258 e. The molecule has 3 heterocycles. The van der Waals surface area contributed by atoms with E-state index in [1.165, 1.54) is 0 Å². The van der Waals surface area contributed by atoms with Gasteiger partial charge in [-0.15, -0.1) is 0 Å². The Hall–Kier alpha value is -4.45. The molecule has 1 aliphatic heterocycles. The maximum atomic E-state index is 13.1. The molecule has 1 amide bonds. The largest absolute Gasteiger partial charge is 0.337 e. The van der Waals surface area contributed by atoms with Crippen LogP contribution in [0.25, 0.3) is 16.9 Å². The van der Waals surface area contributed by atoms with E-state index in [4.69, 9.17) is 4.98 Å². The van der Waals surface area contributed by atoms with Gasteiger partial charge in [0.25, 0.3) is 5.91 Å². The van der Waals surface area contributed by atoms with Gasteiger partial charge in [0.2, 0.25) is 0 Å². The molecule has 6 rings (SSSR count). The van der Waals surface area contributed by atoms with E-state index in [1.54, 1.807) is 6.20 Å². The van der Waals surface area contributed by atoms with Crippen LogP contribution in [0.5, 0.6) is 0 Å². The van der Waals surface area contributed by atoms with Crippen molar-refractivity contribution in [3.05, 3.63) is 109 Å². The zero-order valence-corrected chi connectivity index (χ0v) is 17.8. The first-order chi connectivity index (χ1) is 16.3. The molecule has 0 atom stereocenters. The summed E-state index contributed by atoms with van der Waals surface area (Å²) in [4.78, 5) is 24.4. The van der Waals surface area contributed by atoms with E-state index in [9.17, 15) is 4.79 Å². The van der Waals surface area contributed by atoms with Crippen LogP contribution in [0.15, 0.2) is 91.4 Å². The number of carbonyl (C=O) groups excluding carboxylic acids is 1. The normalized spacial score (nSPS) is 12.7. The quantitative estimate of drug-likeness (QED) is 0.429. The molecule has 0 spiro atoms. The first-order valence-corrected chi connectivity index (χ1v) is 10.8. The molecule has 2 aromatic heterocycles. The van der Waals surface area contributed by atoms with Crippen LogP contribution in [-0.4, -0.2) is 26.8 Å². The number of aromatic nitrogens is 3. The number of nitrogens with one attached hydrogen (secondary N) is 1. The summed E-state index contributed by atoms with van der Waals surface area (Å²) in [5.41, 5.74) is 6.30. The lowest BCUT2D eigenvalue weighted by Gasteiger charge is -2.18. The highest BCUT2D eigenvalue weighted by molar-refractivity contribution is 6.07. The Balaban J connectivity index is 1.42. The zero-order valence-electron chi connectivity index (χ0n) is 17.8. The van der Waals surface area contributed by atoms with Gasteiger partial charge in [0.1, 0.15) is 0 Å². The van der Waals surface area contributed by atoms with Crippen molar-refractivity contribution in [1.29, 1.82) is 0 Å². The molecule has 0 saturated carbocycles. The van der Waals surface area contributed by atoms with Crippen molar-refractivity contribution in [3.63, 3.8) is 0 Å². The molecular weight excluding hydrogens is 410 g/mol. The van der Waals surface area contributed by atoms with Gasteiger partial charge in [0, 0.05) is 47.6 Å². The molecule has 6 heteroatoms. The van der Waals surface area contributed by atoms with E-state index in [2.05, 4.69) is 22.4 Å². The molecule has 33 heavy (non-hydrogen) atoms. The SMILES string of the molecule is O=C(c1ccccc1)N1CCc2c(-c3cn4ccnc4c(Nc4cc[c]cc4)n3)cccc21. The van der Waals surface area contributed by atoms with Gasteiger partial charge < -0.3 is 14.6 Å². The van der Waals surface area contributed by atoms with Crippen molar-refractivity contribution in [1.82, 2.24) is 14.4 Å². The number of imidazole rings is 1. The number of benzene rings is 3.